The minimum Gasteiger partial charge on any atom is -0.508 e. The molecule has 4 rings (SSSR count). The number of nitrogens with zero attached hydrogens (tertiary/aromatic N) is 2. The van der Waals surface area contributed by atoms with Crippen LogP contribution in [0.5, 0.6) is 5.75 Å². The Morgan fingerprint density at radius 3 is 2.53 bits per heavy atom. The van der Waals surface area contributed by atoms with Crippen molar-refractivity contribution in [1.82, 2.24) is 15.2 Å². The Morgan fingerprint density at radius 2 is 1.79 bits per heavy atom. The van der Waals surface area contributed by atoms with Gasteiger partial charge in [0.15, 0.2) is 5.13 Å². The summed E-state index contributed by atoms with van der Waals surface area (Å²) in [6.45, 7) is 4.64. The number of phenolic OH excluding ortho intramolecular Hbond substituents is 1. The number of thiazole rings is 1. The topological polar surface area (TPSA) is 124 Å². The smallest absolute Gasteiger partial charge is 0.325 e. The molecule has 0 spiro atoms. The number of carbonyl (C=O) groups excluding carboxylic acids is 3. The molecule has 0 atom stereocenters. The monoisotopic (exact) mass is 479 g/mol. The van der Waals surface area contributed by atoms with Crippen molar-refractivity contribution >= 4 is 40.0 Å². The maximum Gasteiger partial charge on any atom is 0.325 e. The van der Waals surface area contributed by atoms with Crippen molar-refractivity contribution in [2.75, 3.05) is 17.2 Å². The molecule has 176 valence electrons. The summed E-state index contributed by atoms with van der Waals surface area (Å²) in [6, 6.07) is 12.4. The number of hydrogen-bond acceptors (Lipinski definition) is 6. The molecule has 0 bridgehead atoms. The van der Waals surface area contributed by atoms with E-state index in [0.29, 0.717) is 41.5 Å². The Hall–Kier alpha value is -3.92. The zero-order valence-electron chi connectivity index (χ0n) is 18.8. The lowest BCUT2D eigenvalue weighted by Gasteiger charge is -2.26. The molecule has 1 aromatic heterocycles. The van der Waals surface area contributed by atoms with Crippen molar-refractivity contribution in [1.29, 1.82) is 0 Å². The predicted molar refractivity (Wildman–Crippen MR) is 130 cm³/mol. The van der Waals surface area contributed by atoms with Crippen LogP contribution < -0.4 is 16.0 Å². The molecule has 0 fully saturated rings. The fraction of sp³-hybridized carbons (Fsp3) is 0.250. The number of benzene rings is 2. The molecule has 4 N–H and O–H groups in total. The zero-order valence-corrected chi connectivity index (χ0v) is 19.6. The van der Waals surface area contributed by atoms with Gasteiger partial charge in [-0.1, -0.05) is 23.5 Å². The van der Waals surface area contributed by atoms with Crippen molar-refractivity contribution in [3.8, 4) is 5.75 Å². The van der Waals surface area contributed by atoms with Gasteiger partial charge in [0.2, 0.25) is 0 Å². The largest absolute Gasteiger partial charge is 0.508 e. The number of rotatable bonds is 5. The highest BCUT2D eigenvalue weighted by molar-refractivity contribution is 7.15. The number of amides is 4. The third-order valence-electron chi connectivity index (χ3n) is 5.19. The molecule has 10 heteroatoms. The molecule has 0 radical (unpaired) electrons. The summed E-state index contributed by atoms with van der Waals surface area (Å²) in [4.78, 5) is 44.9. The second-order valence-electron chi connectivity index (χ2n) is 8.17. The molecule has 9 nitrogen and oxygen atoms in total. The van der Waals surface area contributed by atoms with E-state index in [-0.39, 0.29) is 23.6 Å². The lowest BCUT2D eigenvalue weighted by atomic mass is 10.1. The van der Waals surface area contributed by atoms with Gasteiger partial charge in [0, 0.05) is 29.4 Å². The van der Waals surface area contributed by atoms with Crippen LogP contribution >= 0.6 is 11.3 Å². The molecule has 34 heavy (non-hydrogen) atoms. The van der Waals surface area contributed by atoms with E-state index in [1.807, 2.05) is 13.8 Å². The number of fused-ring (bicyclic) bond motifs is 1. The molecule has 0 aliphatic carbocycles. The van der Waals surface area contributed by atoms with Gasteiger partial charge in [-0.2, -0.15) is 0 Å². The highest BCUT2D eigenvalue weighted by atomic mass is 32.1. The van der Waals surface area contributed by atoms with Crippen LogP contribution in [0.15, 0.2) is 48.5 Å². The van der Waals surface area contributed by atoms with Crippen LogP contribution in [-0.2, 0) is 13.0 Å². The third kappa shape index (κ3) is 5.34. The lowest BCUT2D eigenvalue weighted by molar-refractivity contribution is 0.0736. The number of carbonyl (C=O) groups is 3. The fourth-order valence-electron chi connectivity index (χ4n) is 3.59. The van der Waals surface area contributed by atoms with E-state index in [1.54, 1.807) is 41.3 Å². The van der Waals surface area contributed by atoms with Crippen LogP contribution in [-0.4, -0.2) is 45.4 Å². The van der Waals surface area contributed by atoms with Crippen LogP contribution in [0.3, 0.4) is 0 Å². The van der Waals surface area contributed by atoms with Crippen molar-refractivity contribution in [2.24, 2.45) is 0 Å². The van der Waals surface area contributed by atoms with Gasteiger partial charge in [-0.25, -0.2) is 9.78 Å². The molecule has 3 aromatic rings. The maximum atomic E-state index is 12.8. The van der Waals surface area contributed by atoms with Gasteiger partial charge in [0.05, 0.1) is 23.5 Å². The first-order valence-electron chi connectivity index (χ1n) is 10.8. The average Bonchev–Trinajstić information content (AvgIpc) is 3.20. The molecule has 4 amide bonds. The number of nitrogens with one attached hydrogen (secondary N) is 3. The van der Waals surface area contributed by atoms with Crippen molar-refractivity contribution in [2.45, 2.75) is 32.9 Å². The quantitative estimate of drug-likeness (QED) is 0.443. The molecule has 0 saturated heterocycles. The number of anilines is 2. The van der Waals surface area contributed by atoms with Crippen LogP contribution in [0.25, 0.3) is 0 Å². The van der Waals surface area contributed by atoms with E-state index in [9.17, 15) is 19.5 Å². The highest BCUT2D eigenvalue weighted by Gasteiger charge is 2.25. The number of phenols is 1. The van der Waals surface area contributed by atoms with E-state index in [1.165, 1.54) is 23.5 Å². The summed E-state index contributed by atoms with van der Waals surface area (Å²) in [5.41, 5.74) is 2.12. The number of aromatic nitrogens is 1. The van der Waals surface area contributed by atoms with Crippen molar-refractivity contribution < 1.29 is 19.5 Å². The molecule has 2 aromatic carbocycles. The van der Waals surface area contributed by atoms with Crippen molar-refractivity contribution in [3.63, 3.8) is 0 Å². The van der Waals surface area contributed by atoms with Gasteiger partial charge in [-0.05, 0) is 50.2 Å². The molecule has 0 unspecified atom stereocenters. The highest BCUT2D eigenvalue weighted by Crippen LogP contribution is 2.29. The average molecular weight is 480 g/mol. The number of urea groups is 1. The summed E-state index contributed by atoms with van der Waals surface area (Å²) in [6.07, 6.45) is 0.581. The summed E-state index contributed by atoms with van der Waals surface area (Å²) in [5.74, 6) is -0.284. The first kappa shape index (κ1) is 23.2. The minimum absolute atomic E-state index is 0.0310. The Balaban J connectivity index is 1.41. The number of hydrogen-bond donors (Lipinski definition) is 4. The fourth-order valence-corrected chi connectivity index (χ4v) is 4.61. The second-order valence-corrected chi connectivity index (χ2v) is 9.25. The van der Waals surface area contributed by atoms with E-state index >= 15 is 0 Å². The van der Waals surface area contributed by atoms with Crippen LogP contribution in [0.1, 0.15) is 45.1 Å². The summed E-state index contributed by atoms with van der Waals surface area (Å²) in [7, 11) is 0. The third-order valence-corrected chi connectivity index (χ3v) is 6.19. The molecule has 1 aliphatic heterocycles. The van der Waals surface area contributed by atoms with Crippen molar-refractivity contribution in [3.05, 3.63) is 70.2 Å². The summed E-state index contributed by atoms with van der Waals surface area (Å²) < 4.78 is 0. The summed E-state index contributed by atoms with van der Waals surface area (Å²) >= 11 is 1.32. The van der Waals surface area contributed by atoms with Gasteiger partial charge in [-0.3, -0.25) is 14.9 Å². The minimum atomic E-state index is -0.507. The van der Waals surface area contributed by atoms with Gasteiger partial charge >= 0.3 is 6.03 Å². The van der Waals surface area contributed by atoms with Gasteiger partial charge in [0.1, 0.15) is 5.75 Å². The molecule has 2 heterocycles. The summed E-state index contributed by atoms with van der Waals surface area (Å²) in [5, 5.41) is 18.1. The maximum absolute atomic E-state index is 12.8. The number of aromatic hydroxyl groups is 1. The Kier molecular flexibility index (Phi) is 6.78. The van der Waals surface area contributed by atoms with E-state index in [2.05, 4.69) is 20.9 Å². The van der Waals surface area contributed by atoms with Crippen LogP contribution in [0.4, 0.5) is 15.6 Å². The Bertz CT molecular complexity index is 1220. The Morgan fingerprint density at radius 1 is 1.06 bits per heavy atom. The van der Waals surface area contributed by atoms with E-state index in [0.717, 1.165) is 10.6 Å². The SMILES string of the molecule is CC(C)NC(=O)c1ccccc1NC(=O)Nc1nc2c(s1)CN(C(=O)c1ccc(O)cc1)CC2. The van der Waals surface area contributed by atoms with E-state index < -0.39 is 6.03 Å². The van der Waals surface area contributed by atoms with Crippen LogP contribution in [0, 0.1) is 0 Å². The van der Waals surface area contributed by atoms with Gasteiger partial charge < -0.3 is 20.6 Å². The van der Waals surface area contributed by atoms with Gasteiger partial charge in [0.25, 0.3) is 11.8 Å². The Labute approximate surface area is 200 Å². The molecular weight excluding hydrogens is 454 g/mol. The second kappa shape index (κ2) is 9.92. The standard InChI is InChI=1S/C24H25N5O4S/c1-14(2)25-21(31)17-5-3-4-6-18(17)26-23(33)28-24-27-19-11-12-29(13-20(19)34-24)22(32)15-7-9-16(30)10-8-15/h3-10,14,30H,11-13H2,1-2H3,(H,25,31)(H2,26,27,28,33). The first-order chi connectivity index (χ1) is 16.3. The molecular formula is C24H25N5O4S. The first-order valence-corrected chi connectivity index (χ1v) is 11.7. The molecule has 1 aliphatic rings. The number of para-hydroxylation sites is 1. The predicted octanol–water partition coefficient (Wildman–Crippen LogP) is 3.83. The van der Waals surface area contributed by atoms with Crippen LogP contribution in [0.2, 0.25) is 0 Å². The normalized spacial score (nSPS) is 12.7. The lowest BCUT2D eigenvalue weighted by Crippen LogP contribution is -2.35. The van der Waals surface area contributed by atoms with Gasteiger partial charge in [-0.15, -0.1) is 0 Å². The zero-order chi connectivity index (χ0) is 24.2. The van der Waals surface area contributed by atoms with E-state index in [4.69, 9.17) is 0 Å². The molecule has 0 saturated carbocycles.